The molecule has 1 saturated heterocycles. The van der Waals surface area contributed by atoms with Crippen LogP contribution >= 0.6 is 22.7 Å². The predicted molar refractivity (Wildman–Crippen MR) is 267 cm³/mol. The fraction of sp³-hybridized carbons (Fsp3) is 0.385. The molecule has 0 radical (unpaired) electrons. The number of aromatic nitrogens is 4. The average Bonchev–Trinajstić information content (AvgIpc) is 4.08. The monoisotopic (exact) mass is 970 g/mol. The number of carbonyl (C=O) groups excluding carboxylic acids is 3. The number of aliphatic carboxylic acids is 1. The Kier molecular flexibility index (Phi) is 13.8. The Balaban J connectivity index is 0.925. The molecule has 0 spiro atoms. The maximum atomic E-state index is 14.3. The summed E-state index contributed by atoms with van der Waals surface area (Å²) in [5, 5.41) is 36.4. The van der Waals surface area contributed by atoms with E-state index in [2.05, 4.69) is 39.7 Å². The molecule has 2 aliphatic heterocycles. The van der Waals surface area contributed by atoms with Gasteiger partial charge in [0.05, 0.1) is 39.9 Å². The molecule has 6 aromatic rings. The third kappa shape index (κ3) is 9.85. The number of benzene rings is 3. The lowest BCUT2D eigenvalue weighted by molar-refractivity contribution is -0.145. The largest absolute Gasteiger partial charge is 0.481 e. The normalized spacial score (nSPS) is 18.5. The van der Waals surface area contributed by atoms with Crippen molar-refractivity contribution in [2.24, 2.45) is 16.3 Å². The van der Waals surface area contributed by atoms with Crippen LogP contribution in [0, 0.1) is 39.0 Å². The fourth-order valence-corrected chi connectivity index (χ4v) is 10.9. The van der Waals surface area contributed by atoms with Crippen LogP contribution in [-0.2, 0) is 19.2 Å². The predicted octanol–water partition coefficient (Wildman–Crippen LogP) is 8.10. The molecule has 0 aliphatic carbocycles. The van der Waals surface area contributed by atoms with E-state index in [1.165, 1.54) is 4.90 Å². The molecule has 15 nitrogen and oxygen atoms in total. The van der Waals surface area contributed by atoms with Crippen LogP contribution in [0.5, 0.6) is 5.75 Å². The van der Waals surface area contributed by atoms with Crippen molar-refractivity contribution in [3.05, 3.63) is 123 Å². The van der Waals surface area contributed by atoms with Crippen LogP contribution in [0.3, 0.4) is 0 Å². The number of likely N-dealkylation sites (tertiary alicyclic amines) is 1. The number of carboxylic acids is 1. The molecule has 0 saturated carbocycles. The quantitative estimate of drug-likeness (QED) is 0.0877. The van der Waals surface area contributed by atoms with Gasteiger partial charge in [-0.3, -0.25) is 28.7 Å². The molecule has 360 valence electrons. The van der Waals surface area contributed by atoms with Crippen molar-refractivity contribution in [1.82, 2.24) is 35.3 Å². The van der Waals surface area contributed by atoms with Crippen molar-refractivity contribution in [3.8, 4) is 32.3 Å². The first kappa shape index (κ1) is 48.9. The van der Waals surface area contributed by atoms with Gasteiger partial charge in [0.25, 0.3) is 5.91 Å². The van der Waals surface area contributed by atoms with E-state index in [1.807, 2.05) is 112 Å². The number of aliphatic imine (C=N–C) groups is 1. The number of hydrogen-bond donors (Lipinski definition) is 4. The number of nitrogens with one attached hydrogen (secondary N) is 2. The zero-order valence-corrected chi connectivity index (χ0v) is 42.0. The number of nitrogens with zero attached hydrogens (tertiary/aromatic N) is 6. The highest BCUT2D eigenvalue weighted by Gasteiger charge is 2.45. The number of aliphatic hydroxyl groups is 1. The molecule has 8 rings (SSSR count). The lowest BCUT2D eigenvalue weighted by Crippen LogP contribution is -2.59. The van der Waals surface area contributed by atoms with Gasteiger partial charge in [0.2, 0.25) is 11.8 Å². The Morgan fingerprint density at radius 1 is 0.841 bits per heavy atom. The minimum absolute atomic E-state index is 0.0434. The molecule has 2 unspecified atom stereocenters. The first-order valence-electron chi connectivity index (χ1n) is 23.0. The summed E-state index contributed by atoms with van der Waals surface area (Å²) in [6.07, 6.45) is -1.82. The standard InChI is InChI=1S/C52H58N8O7S2/c1-26-31(6)69-50-41(26)43(55-42(27(2)51(65)66)46-58-57-32(7)60(46)50)36-15-13-34(14-16-36)35-19-21-39(22-20-35)67-30(5)47(62)56-45(52(8,9)10)49(64)59-24-38(61)23-40(59)48(63)54-28(3)33-11-17-37(18-12-33)44-29(4)53-25-68-44/h11-22,25,27-28,30,38,40,42,45,61H,23-24H2,1-10H3,(H,54,63)(H,56,62)(H,65,66)/t27?,28-,30?,38+,40-,42-,45+/m0/s1. The lowest BCUT2D eigenvalue weighted by Gasteiger charge is -2.36. The summed E-state index contributed by atoms with van der Waals surface area (Å²) in [4.78, 5) is 67.2. The zero-order valence-electron chi connectivity index (χ0n) is 40.4. The van der Waals surface area contributed by atoms with Crippen LogP contribution in [0.15, 0.2) is 83.3 Å². The molecule has 2 aliphatic rings. The van der Waals surface area contributed by atoms with Gasteiger partial charge >= 0.3 is 5.97 Å². The van der Waals surface area contributed by atoms with Crippen LogP contribution in [0.25, 0.3) is 26.6 Å². The molecule has 7 atom stereocenters. The number of carbonyl (C=O) groups is 4. The molecule has 3 aromatic heterocycles. The molecular formula is C52H58N8O7S2. The summed E-state index contributed by atoms with van der Waals surface area (Å²) < 4.78 is 8.04. The van der Waals surface area contributed by atoms with Gasteiger partial charge < -0.3 is 30.5 Å². The number of thiophene rings is 1. The highest BCUT2D eigenvalue weighted by atomic mass is 32.1. The maximum Gasteiger partial charge on any atom is 0.308 e. The van der Waals surface area contributed by atoms with Crippen molar-refractivity contribution in [1.29, 1.82) is 0 Å². The van der Waals surface area contributed by atoms with Crippen molar-refractivity contribution in [2.75, 3.05) is 6.54 Å². The minimum atomic E-state index is -1.03. The molecule has 4 N–H and O–H groups in total. The van der Waals surface area contributed by atoms with Gasteiger partial charge in [0.15, 0.2) is 11.9 Å². The third-order valence-corrected chi connectivity index (χ3v) is 15.3. The molecule has 3 aromatic carbocycles. The van der Waals surface area contributed by atoms with Crippen LogP contribution in [0.1, 0.15) is 105 Å². The SMILES string of the molecule is Cc1ncsc1-c1ccc([C@H](C)NC(=O)[C@@H]2C[C@@H](O)CN2C(=O)[C@@H](NC(=O)C(C)Oc2ccc(-c3ccc(C4=N[C@@H](C(C)C(=O)O)c5nnc(C)n5-c5sc(C)c(C)c54)cc3)cc2)C(C)(C)C)cc1. The number of thiazole rings is 1. The smallest absolute Gasteiger partial charge is 0.308 e. The van der Waals surface area contributed by atoms with Crippen molar-refractivity contribution in [2.45, 2.75) is 112 Å². The van der Waals surface area contributed by atoms with E-state index < -0.39 is 59.5 Å². The van der Waals surface area contributed by atoms with Gasteiger partial charge in [-0.1, -0.05) is 81.4 Å². The summed E-state index contributed by atoms with van der Waals surface area (Å²) in [6, 6.07) is 20.1. The number of aryl methyl sites for hydroxylation is 3. The van der Waals surface area contributed by atoms with E-state index in [9.17, 15) is 29.4 Å². The number of hydrogen-bond acceptors (Lipinski definition) is 12. The summed E-state index contributed by atoms with van der Waals surface area (Å²) in [6.45, 7) is 18.5. The molecule has 1 fully saturated rings. The first-order chi connectivity index (χ1) is 32.7. The maximum absolute atomic E-state index is 14.3. The Morgan fingerprint density at radius 3 is 2.07 bits per heavy atom. The number of aliphatic hydroxyl groups excluding tert-OH is 1. The Hall–Kier alpha value is -6.56. The van der Waals surface area contributed by atoms with Crippen LogP contribution in [0.4, 0.5) is 0 Å². The van der Waals surface area contributed by atoms with Crippen LogP contribution in [0.2, 0.25) is 0 Å². The van der Waals surface area contributed by atoms with E-state index in [4.69, 9.17) is 9.73 Å². The van der Waals surface area contributed by atoms with Crippen molar-refractivity contribution in [3.63, 3.8) is 0 Å². The van der Waals surface area contributed by atoms with Crippen LogP contribution < -0.4 is 15.4 Å². The number of amides is 3. The van der Waals surface area contributed by atoms with Gasteiger partial charge in [-0.15, -0.1) is 32.9 Å². The molecule has 69 heavy (non-hydrogen) atoms. The number of ether oxygens (including phenoxy) is 1. The number of rotatable bonds is 13. The topological polar surface area (TPSA) is 201 Å². The second kappa shape index (κ2) is 19.4. The Morgan fingerprint density at radius 2 is 1.46 bits per heavy atom. The van der Waals surface area contributed by atoms with Gasteiger partial charge in [-0.05, 0) is 93.8 Å². The third-order valence-electron chi connectivity index (χ3n) is 13.1. The summed E-state index contributed by atoms with van der Waals surface area (Å²) in [5.41, 5.74) is 9.29. The van der Waals surface area contributed by atoms with E-state index in [0.29, 0.717) is 23.1 Å². The van der Waals surface area contributed by atoms with Gasteiger partial charge in [-0.2, -0.15) is 0 Å². The van der Waals surface area contributed by atoms with Gasteiger partial charge in [0, 0.05) is 29.0 Å². The zero-order chi connectivity index (χ0) is 49.6. The molecular weight excluding hydrogens is 913 g/mol. The summed E-state index contributed by atoms with van der Waals surface area (Å²) >= 11 is 3.18. The fourth-order valence-electron chi connectivity index (χ4n) is 8.90. The number of carboxylic acid groups (broad SMARTS) is 1. The number of fused-ring (bicyclic) bond motifs is 3. The Bertz CT molecular complexity index is 2930. The highest BCUT2D eigenvalue weighted by molar-refractivity contribution is 7.15. The Labute approximate surface area is 409 Å². The van der Waals surface area contributed by atoms with E-state index in [0.717, 1.165) is 59.4 Å². The molecule has 5 heterocycles. The molecule has 0 bridgehead atoms. The van der Waals surface area contributed by atoms with Crippen molar-refractivity contribution >= 4 is 52.1 Å². The van der Waals surface area contributed by atoms with E-state index in [1.54, 1.807) is 48.7 Å². The van der Waals surface area contributed by atoms with Crippen LogP contribution in [-0.4, -0.2) is 95.1 Å². The number of β-amino-alcohol motifs (C(OH)–C–C–N with tert-alkyl or cyclic N) is 1. The van der Waals surface area contributed by atoms with E-state index >= 15 is 0 Å². The van der Waals surface area contributed by atoms with Gasteiger partial charge in [-0.25, -0.2) is 4.98 Å². The summed E-state index contributed by atoms with van der Waals surface area (Å²) in [7, 11) is 0. The van der Waals surface area contributed by atoms with Gasteiger partial charge in [0.1, 0.15) is 34.7 Å². The minimum Gasteiger partial charge on any atom is -0.481 e. The second-order valence-electron chi connectivity index (χ2n) is 19.1. The molecule has 3 amide bonds. The summed E-state index contributed by atoms with van der Waals surface area (Å²) in [5.74, 6) is -1.58. The van der Waals surface area contributed by atoms with Crippen molar-refractivity contribution < 1.29 is 34.1 Å². The highest BCUT2D eigenvalue weighted by Crippen LogP contribution is 2.41. The first-order valence-corrected chi connectivity index (χ1v) is 24.7. The molecule has 17 heteroatoms. The van der Waals surface area contributed by atoms with E-state index in [-0.39, 0.29) is 24.9 Å². The average molecular weight is 971 g/mol. The second-order valence-corrected chi connectivity index (χ2v) is 21.2. The lowest BCUT2D eigenvalue weighted by atomic mass is 9.85.